The summed E-state index contributed by atoms with van der Waals surface area (Å²) in [6.07, 6.45) is -0.691. The van der Waals surface area contributed by atoms with E-state index in [1.54, 1.807) is 43.3 Å². The third-order valence-electron chi connectivity index (χ3n) is 2.99. The summed E-state index contributed by atoms with van der Waals surface area (Å²) >= 11 is 3.34. The number of para-hydroxylation sites is 1. The van der Waals surface area contributed by atoms with Crippen molar-refractivity contribution in [2.75, 3.05) is 0 Å². The van der Waals surface area contributed by atoms with E-state index in [0.29, 0.717) is 16.9 Å². The zero-order valence-corrected chi connectivity index (χ0v) is 12.9. The van der Waals surface area contributed by atoms with Gasteiger partial charge in [0.2, 0.25) is 0 Å². The Morgan fingerprint density at radius 1 is 1.33 bits per heavy atom. The molecule has 0 aliphatic rings. The summed E-state index contributed by atoms with van der Waals surface area (Å²) in [5.41, 5.74) is 1.14. The molecule has 0 spiro atoms. The van der Waals surface area contributed by atoms with Gasteiger partial charge in [0.25, 0.3) is 5.69 Å². The van der Waals surface area contributed by atoms with Crippen molar-refractivity contribution < 1.29 is 14.8 Å². The molecule has 5 nitrogen and oxygen atoms in total. The van der Waals surface area contributed by atoms with Crippen LogP contribution in [-0.4, -0.2) is 10.0 Å². The first-order valence-corrected chi connectivity index (χ1v) is 7.11. The van der Waals surface area contributed by atoms with E-state index < -0.39 is 11.0 Å². The molecule has 0 saturated carbocycles. The van der Waals surface area contributed by atoms with Crippen molar-refractivity contribution in [3.63, 3.8) is 0 Å². The second-order valence-electron chi connectivity index (χ2n) is 4.53. The molecule has 1 N–H and O–H groups in total. The van der Waals surface area contributed by atoms with Gasteiger partial charge in [0.1, 0.15) is 12.4 Å². The van der Waals surface area contributed by atoms with Crippen LogP contribution < -0.4 is 4.74 Å². The number of aliphatic hydroxyl groups is 1. The number of aliphatic hydroxyl groups excluding tert-OH is 1. The summed E-state index contributed by atoms with van der Waals surface area (Å²) in [6, 6.07) is 11.7. The van der Waals surface area contributed by atoms with Crippen LogP contribution >= 0.6 is 15.9 Å². The van der Waals surface area contributed by atoms with Gasteiger partial charge in [-0.25, -0.2) is 0 Å². The van der Waals surface area contributed by atoms with E-state index in [0.717, 1.165) is 4.47 Å². The Hall–Kier alpha value is -1.92. The van der Waals surface area contributed by atoms with E-state index in [9.17, 15) is 15.2 Å². The molecule has 0 unspecified atom stereocenters. The minimum atomic E-state index is -0.691. The summed E-state index contributed by atoms with van der Waals surface area (Å²) in [5, 5.41) is 20.7. The molecule has 0 aliphatic carbocycles. The summed E-state index contributed by atoms with van der Waals surface area (Å²) < 4.78 is 6.48. The van der Waals surface area contributed by atoms with E-state index >= 15 is 0 Å². The van der Waals surface area contributed by atoms with Crippen molar-refractivity contribution in [3.05, 3.63) is 68.2 Å². The molecular weight excluding hydrogens is 338 g/mol. The number of hydrogen-bond donors (Lipinski definition) is 1. The standard InChI is InChI=1S/C15H14BrNO4/c1-10(18)13-8-12(16)6-7-15(13)21-9-11-4-2-3-5-14(11)17(19)20/h2-8,10,18H,9H2,1H3/t10-/m0/s1. The van der Waals surface area contributed by atoms with Crippen LogP contribution in [0.25, 0.3) is 0 Å². The van der Waals surface area contributed by atoms with Gasteiger partial charge in [-0.1, -0.05) is 28.1 Å². The van der Waals surface area contributed by atoms with E-state index in [1.165, 1.54) is 6.07 Å². The molecule has 2 aromatic rings. The van der Waals surface area contributed by atoms with Crippen LogP contribution in [0.3, 0.4) is 0 Å². The minimum Gasteiger partial charge on any atom is -0.488 e. The zero-order valence-electron chi connectivity index (χ0n) is 11.3. The zero-order chi connectivity index (χ0) is 15.4. The Morgan fingerprint density at radius 2 is 2.05 bits per heavy atom. The fourth-order valence-electron chi connectivity index (χ4n) is 1.94. The maximum Gasteiger partial charge on any atom is 0.276 e. The van der Waals surface area contributed by atoms with Crippen LogP contribution in [0.4, 0.5) is 5.69 Å². The lowest BCUT2D eigenvalue weighted by molar-refractivity contribution is -0.385. The number of hydrogen-bond acceptors (Lipinski definition) is 4. The van der Waals surface area contributed by atoms with Gasteiger partial charge in [0.05, 0.1) is 16.6 Å². The van der Waals surface area contributed by atoms with Crippen molar-refractivity contribution >= 4 is 21.6 Å². The van der Waals surface area contributed by atoms with E-state index in [2.05, 4.69) is 15.9 Å². The highest BCUT2D eigenvalue weighted by Gasteiger charge is 2.15. The van der Waals surface area contributed by atoms with Crippen LogP contribution in [0.1, 0.15) is 24.2 Å². The molecule has 0 amide bonds. The predicted molar refractivity (Wildman–Crippen MR) is 82.2 cm³/mol. The van der Waals surface area contributed by atoms with Crippen molar-refractivity contribution in [3.8, 4) is 5.75 Å². The van der Waals surface area contributed by atoms with Crippen LogP contribution in [0.5, 0.6) is 5.75 Å². The Labute approximate surface area is 130 Å². The van der Waals surface area contributed by atoms with Gasteiger partial charge in [-0.15, -0.1) is 0 Å². The summed E-state index contributed by atoms with van der Waals surface area (Å²) in [5.74, 6) is 0.506. The molecule has 1 atom stereocenters. The summed E-state index contributed by atoms with van der Waals surface area (Å²) in [7, 11) is 0. The second-order valence-corrected chi connectivity index (χ2v) is 5.45. The highest BCUT2D eigenvalue weighted by molar-refractivity contribution is 9.10. The van der Waals surface area contributed by atoms with Gasteiger partial charge >= 0.3 is 0 Å². The fraction of sp³-hybridized carbons (Fsp3) is 0.200. The number of rotatable bonds is 5. The van der Waals surface area contributed by atoms with E-state index in [4.69, 9.17) is 4.74 Å². The molecule has 6 heteroatoms. The van der Waals surface area contributed by atoms with Crippen LogP contribution in [0, 0.1) is 10.1 Å². The molecule has 0 saturated heterocycles. The number of benzene rings is 2. The largest absolute Gasteiger partial charge is 0.488 e. The topological polar surface area (TPSA) is 72.6 Å². The highest BCUT2D eigenvalue weighted by Crippen LogP contribution is 2.30. The average Bonchev–Trinajstić information content (AvgIpc) is 2.46. The maximum atomic E-state index is 11.0. The molecule has 0 aliphatic heterocycles. The molecule has 0 bridgehead atoms. The lowest BCUT2D eigenvalue weighted by atomic mass is 10.1. The summed E-state index contributed by atoms with van der Waals surface area (Å²) in [6.45, 7) is 1.71. The molecule has 0 fully saturated rings. The molecular formula is C15H14BrNO4. The highest BCUT2D eigenvalue weighted by atomic mass is 79.9. The fourth-order valence-corrected chi connectivity index (χ4v) is 2.32. The lowest BCUT2D eigenvalue weighted by Crippen LogP contribution is -2.03. The molecule has 21 heavy (non-hydrogen) atoms. The number of nitro benzene ring substituents is 1. The average molecular weight is 352 g/mol. The van der Waals surface area contributed by atoms with Gasteiger partial charge in [-0.3, -0.25) is 10.1 Å². The summed E-state index contributed by atoms with van der Waals surface area (Å²) in [4.78, 5) is 10.5. The SMILES string of the molecule is C[C@H](O)c1cc(Br)ccc1OCc1ccccc1[N+](=O)[O-]. The first-order valence-electron chi connectivity index (χ1n) is 6.31. The van der Waals surface area contributed by atoms with Crippen LogP contribution in [-0.2, 0) is 6.61 Å². The molecule has 110 valence electrons. The Balaban J connectivity index is 2.23. The van der Waals surface area contributed by atoms with Gasteiger partial charge < -0.3 is 9.84 Å². The maximum absolute atomic E-state index is 11.0. The number of nitrogens with zero attached hydrogens (tertiary/aromatic N) is 1. The molecule has 0 radical (unpaired) electrons. The quantitative estimate of drug-likeness (QED) is 0.652. The number of halogens is 1. The van der Waals surface area contributed by atoms with Crippen LogP contribution in [0.15, 0.2) is 46.9 Å². The smallest absolute Gasteiger partial charge is 0.276 e. The Morgan fingerprint density at radius 3 is 2.71 bits per heavy atom. The van der Waals surface area contributed by atoms with Gasteiger partial charge in [0.15, 0.2) is 0 Å². The van der Waals surface area contributed by atoms with Crippen molar-refractivity contribution in [1.29, 1.82) is 0 Å². The van der Waals surface area contributed by atoms with E-state index in [1.807, 2.05) is 0 Å². The lowest BCUT2D eigenvalue weighted by Gasteiger charge is -2.14. The van der Waals surface area contributed by atoms with Crippen molar-refractivity contribution in [1.82, 2.24) is 0 Å². The molecule has 2 rings (SSSR count). The van der Waals surface area contributed by atoms with Gasteiger partial charge in [-0.2, -0.15) is 0 Å². The Bertz CT molecular complexity index is 658. The second kappa shape index (κ2) is 6.69. The Kier molecular flexibility index (Phi) is 4.93. The first-order chi connectivity index (χ1) is 9.99. The third kappa shape index (κ3) is 3.80. The first kappa shape index (κ1) is 15.5. The molecule has 2 aromatic carbocycles. The predicted octanol–water partition coefficient (Wildman–Crippen LogP) is 3.99. The third-order valence-corrected chi connectivity index (χ3v) is 3.49. The van der Waals surface area contributed by atoms with Gasteiger partial charge in [0, 0.05) is 16.1 Å². The number of nitro groups is 1. The minimum absolute atomic E-state index is 0.0215. The van der Waals surface area contributed by atoms with Crippen molar-refractivity contribution in [2.45, 2.75) is 19.6 Å². The number of ether oxygens (including phenoxy) is 1. The van der Waals surface area contributed by atoms with Gasteiger partial charge in [-0.05, 0) is 31.2 Å². The van der Waals surface area contributed by atoms with E-state index in [-0.39, 0.29) is 12.3 Å². The monoisotopic (exact) mass is 351 g/mol. The molecule has 0 heterocycles. The molecule has 0 aromatic heterocycles. The van der Waals surface area contributed by atoms with Crippen molar-refractivity contribution in [2.24, 2.45) is 0 Å². The normalized spacial score (nSPS) is 12.0. The van der Waals surface area contributed by atoms with Crippen LogP contribution in [0.2, 0.25) is 0 Å².